The molecule has 0 fully saturated rings. The van der Waals surface area contributed by atoms with Gasteiger partial charge in [-0.25, -0.2) is 17.6 Å². The Morgan fingerprint density at radius 1 is 0.947 bits per heavy atom. The van der Waals surface area contributed by atoms with Crippen molar-refractivity contribution in [2.75, 3.05) is 5.32 Å². The summed E-state index contributed by atoms with van der Waals surface area (Å²) in [6.45, 7) is -0.0734. The summed E-state index contributed by atoms with van der Waals surface area (Å²) in [6.07, 6.45) is 0. The molecular formula is C13H8ClF4N. The third-order valence-corrected chi connectivity index (χ3v) is 2.87. The van der Waals surface area contributed by atoms with Crippen molar-refractivity contribution in [2.45, 2.75) is 6.54 Å². The fraction of sp³-hybridized carbons (Fsp3) is 0.0769. The molecule has 1 nitrogen and oxygen atoms in total. The van der Waals surface area contributed by atoms with E-state index in [4.69, 9.17) is 11.6 Å². The summed E-state index contributed by atoms with van der Waals surface area (Å²) in [7, 11) is 0. The largest absolute Gasteiger partial charge is 0.381 e. The maximum atomic E-state index is 13.4. The highest BCUT2D eigenvalue weighted by molar-refractivity contribution is 6.31. The van der Waals surface area contributed by atoms with E-state index in [1.165, 1.54) is 18.2 Å². The average molecular weight is 290 g/mol. The van der Waals surface area contributed by atoms with Crippen LogP contribution in [0, 0.1) is 23.3 Å². The maximum absolute atomic E-state index is 13.4. The molecule has 0 aliphatic rings. The molecule has 0 atom stereocenters. The van der Waals surface area contributed by atoms with E-state index in [9.17, 15) is 17.6 Å². The fourth-order valence-corrected chi connectivity index (χ4v) is 1.78. The highest BCUT2D eigenvalue weighted by Gasteiger charge is 2.11. The van der Waals surface area contributed by atoms with Gasteiger partial charge in [0.1, 0.15) is 5.82 Å². The van der Waals surface area contributed by atoms with Crippen LogP contribution in [-0.2, 0) is 6.54 Å². The minimum Gasteiger partial charge on any atom is -0.381 e. The highest BCUT2D eigenvalue weighted by Crippen LogP contribution is 2.22. The lowest BCUT2D eigenvalue weighted by Crippen LogP contribution is -2.04. The Balaban J connectivity index is 2.19. The van der Waals surface area contributed by atoms with E-state index < -0.39 is 23.3 Å². The standard InChI is InChI=1S/C13H8ClF4N/c14-9-2-1-3-10(15)8(9)6-19-7-4-11(16)13(18)12(17)5-7/h1-5,19H,6H2. The Bertz CT molecular complexity index is 572. The van der Waals surface area contributed by atoms with Crippen molar-refractivity contribution in [1.82, 2.24) is 0 Å². The zero-order valence-corrected chi connectivity index (χ0v) is 10.2. The molecule has 6 heteroatoms. The molecule has 2 aromatic rings. The molecule has 0 aliphatic heterocycles. The summed E-state index contributed by atoms with van der Waals surface area (Å²) in [4.78, 5) is 0. The second-order valence-electron chi connectivity index (χ2n) is 3.81. The number of hydrogen-bond acceptors (Lipinski definition) is 1. The maximum Gasteiger partial charge on any atom is 0.194 e. The van der Waals surface area contributed by atoms with Crippen molar-refractivity contribution >= 4 is 17.3 Å². The molecule has 19 heavy (non-hydrogen) atoms. The Hall–Kier alpha value is -1.75. The van der Waals surface area contributed by atoms with Crippen LogP contribution in [0.4, 0.5) is 23.2 Å². The lowest BCUT2D eigenvalue weighted by molar-refractivity contribution is 0.447. The molecule has 2 rings (SSSR count). The molecule has 0 aromatic heterocycles. The molecule has 1 N–H and O–H groups in total. The van der Waals surface area contributed by atoms with Crippen molar-refractivity contribution in [3.05, 3.63) is 64.2 Å². The van der Waals surface area contributed by atoms with Crippen LogP contribution < -0.4 is 5.32 Å². The molecule has 0 bridgehead atoms. The van der Waals surface area contributed by atoms with Crippen LogP contribution in [0.25, 0.3) is 0 Å². The molecule has 0 radical (unpaired) electrons. The third kappa shape index (κ3) is 2.98. The first kappa shape index (κ1) is 13.7. The first-order chi connectivity index (χ1) is 8.99. The van der Waals surface area contributed by atoms with E-state index in [1.807, 2.05) is 0 Å². The summed E-state index contributed by atoms with van der Waals surface area (Å²) < 4.78 is 52.1. The SMILES string of the molecule is Fc1cc(NCc2c(F)cccc2Cl)cc(F)c1F. The number of hydrogen-bond donors (Lipinski definition) is 1. The zero-order valence-electron chi connectivity index (χ0n) is 9.48. The van der Waals surface area contributed by atoms with Gasteiger partial charge in [0, 0.05) is 35.0 Å². The molecular weight excluding hydrogens is 282 g/mol. The number of anilines is 1. The van der Waals surface area contributed by atoms with Gasteiger partial charge in [-0.05, 0) is 12.1 Å². The van der Waals surface area contributed by atoms with Crippen LogP contribution in [0.2, 0.25) is 5.02 Å². The summed E-state index contributed by atoms with van der Waals surface area (Å²) in [5, 5.41) is 2.77. The molecule has 0 amide bonds. The Kier molecular flexibility index (Phi) is 3.95. The minimum atomic E-state index is -1.55. The quantitative estimate of drug-likeness (QED) is 0.647. The number of rotatable bonds is 3. The topological polar surface area (TPSA) is 12.0 Å². The van der Waals surface area contributed by atoms with Gasteiger partial charge in [0.2, 0.25) is 0 Å². The normalized spacial score (nSPS) is 10.6. The number of halogens is 5. The third-order valence-electron chi connectivity index (χ3n) is 2.51. The van der Waals surface area contributed by atoms with Crippen LogP contribution in [0.5, 0.6) is 0 Å². The monoisotopic (exact) mass is 289 g/mol. The van der Waals surface area contributed by atoms with Crippen LogP contribution in [-0.4, -0.2) is 0 Å². The van der Waals surface area contributed by atoms with Crippen molar-refractivity contribution in [2.24, 2.45) is 0 Å². The molecule has 100 valence electrons. The second kappa shape index (κ2) is 5.48. The van der Waals surface area contributed by atoms with E-state index in [2.05, 4.69) is 5.32 Å². The fourth-order valence-electron chi connectivity index (χ4n) is 1.55. The van der Waals surface area contributed by atoms with E-state index in [0.29, 0.717) is 0 Å². The summed E-state index contributed by atoms with van der Waals surface area (Å²) >= 11 is 5.80. The smallest absolute Gasteiger partial charge is 0.194 e. The number of benzene rings is 2. The van der Waals surface area contributed by atoms with Crippen LogP contribution in [0.1, 0.15) is 5.56 Å². The first-order valence-electron chi connectivity index (χ1n) is 5.30. The minimum absolute atomic E-state index is 0.00396. The van der Waals surface area contributed by atoms with Crippen LogP contribution in [0.15, 0.2) is 30.3 Å². The van der Waals surface area contributed by atoms with Gasteiger partial charge in [-0.15, -0.1) is 0 Å². The molecule has 0 saturated carbocycles. The molecule has 0 unspecified atom stereocenters. The van der Waals surface area contributed by atoms with Gasteiger partial charge in [-0.1, -0.05) is 17.7 Å². The zero-order chi connectivity index (χ0) is 14.0. The van der Waals surface area contributed by atoms with Crippen molar-refractivity contribution in [1.29, 1.82) is 0 Å². The Labute approximate surface area is 111 Å². The van der Waals surface area contributed by atoms with Gasteiger partial charge < -0.3 is 5.32 Å². The predicted octanol–water partition coefficient (Wildman–Crippen LogP) is 4.51. The number of nitrogens with one attached hydrogen (secondary N) is 1. The Morgan fingerprint density at radius 3 is 2.16 bits per heavy atom. The summed E-state index contributed by atoms with van der Waals surface area (Å²) in [5.41, 5.74) is 0.157. The van der Waals surface area contributed by atoms with Gasteiger partial charge in [0.15, 0.2) is 17.5 Å². The molecule has 0 spiro atoms. The molecule has 0 saturated heterocycles. The van der Waals surface area contributed by atoms with E-state index in [1.54, 1.807) is 0 Å². The predicted molar refractivity (Wildman–Crippen MR) is 65.1 cm³/mol. The summed E-state index contributed by atoms with van der Waals surface area (Å²) in [5.74, 6) is -4.72. The molecule has 0 aliphatic carbocycles. The van der Waals surface area contributed by atoms with Gasteiger partial charge in [0.25, 0.3) is 0 Å². The summed E-state index contributed by atoms with van der Waals surface area (Å²) in [6, 6.07) is 5.72. The van der Waals surface area contributed by atoms with E-state index in [0.717, 1.165) is 12.1 Å². The van der Waals surface area contributed by atoms with Gasteiger partial charge in [-0.2, -0.15) is 0 Å². The van der Waals surface area contributed by atoms with Crippen molar-refractivity contribution < 1.29 is 17.6 Å². The lowest BCUT2D eigenvalue weighted by atomic mass is 10.2. The van der Waals surface area contributed by atoms with Crippen molar-refractivity contribution in [3.63, 3.8) is 0 Å². The van der Waals surface area contributed by atoms with Gasteiger partial charge in [0.05, 0.1) is 0 Å². The van der Waals surface area contributed by atoms with Crippen molar-refractivity contribution in [3.8, 4) is 0 Å². The average Bonchev–Trinajstić information content (AvgIpc) is 2.35. The molecule has 2 aromatic carbocycles. The molecule has 0 heterocycles. The highest BCUT2D eigenvalue weighted by atomic mass is 35.5. The van der Waals surface area contributed by atoms with Crippen LogP contribution >= 0.6 is 11.6 Å². The van der Waals surface area contributed by atoms with E-state index >= 15 is 0 Å². The van der Waals surface area contributed by atoms with E-state index in [-0.39, 0.29) is 22.8 Å². The lowest BCUT2D eigenvalue weighted by Gasteiger charge is -2.09. The second-order valence-corrected chi connectivity index (χ2v) is 4.21. The van der Waals surface area contributed by atoms with Gasteiger partial charge >= 0.3 is 0 Å². The van der Waals surface area contributed by atoms with Crippen LogP contribution in [0.3, 0.4) is 0 Å². The van der Waals surface area contributed by atoms with Gasteiger partial charge in [-0.3, -0.25) is 0 Å². The first-order valence-corrected chi connectivity index (χ1v) is 5.68. The Morgan fingerprint density at radius 2 is 1.58 bits per heavy atom.